The van der Waals surface area contributed by atoms with Gasteiger partial charge >= 0.3 is 0 Å². The van der Waals surface area contributed by atoms with Crippen molar-refractivity contribution in [2.24, 2.45) is 5.73 Å². The summed E-state index contributed by atoms with van der Waals surface area (Å²) in [6.45, 7) is 6.26. The van der Waals surface area contributed by atoms with Crippen LogP contribution in [0.5, 0.6) is 0 Å². The molecule has 3 N–H and O–H groups in total. The predicted octanol–water partition coefficient (Wildman–Crippen LogP) is 2.60. The molecule has 0 fully saturated rings. The maximum absolute atomic E-state index is 11.1. The Hall–Kier alpha value is -2.21. The highest BCUT2D eigenvalue weighted by molar-refractivity contribution is 5.99. The number of nitrogens with one attached hydrogen (secondary N) is 1. The van der Waals surface area contributed by atoms with Crippen molar-refractivity contribution < 1.29 is 4.92 Å². The molecule has 6 nitrogen and oxygen atoms in total. The molecule has 0 saturated heterocycles. The fourth-order valence-electron chi connectivity index (χ4n) is 1.96. The lowest BCUT2D eigenvalue weighted by atomic mass is 10.1. The quantitative estimate of drug-likeness (QED) is 0.660. The van der Waals surface area contributed by atoms with E-state index in [9.17, 15) is 10.1 Å². The predicted molar refractivity (Wildman–Crippen MR) is 79.9 cm³/mol. The van der Waals surface area contributed by atoms with Gasteiger partial charge in [-0.25, -0.2) is 0 Å². The summed E-state index contributed by atoms with van der Waals surface area (Å²) in [7, 11) is 0. The lowest BCUT2D eigenvalue weighted by Crippen LogP contribution is -2.39. The molecule has 2 rings (SSSR count). The lowest BCUT2D eigenvalue weighted by molar-refractivity contribution is -0.383. The molecule has 0 unspecified atom stereocenters. The number of aromatic nitrogens is 1. The molecule has 20 heavy (non-hydrogen) atoms. The maximum atomic E-state index is 11.1. The van der Waals surface area contributed by atoms with Crippen molar-refractivity contribution in [2.75, 3.05) is 11.9 Å². The van der Waals surface area contributed by atoms with Crippen molar-refractivity contribution in [3.05, 3.63) is 40.2 Å². The Morgan fingerprint density at radius 2 is 2.10 bits per heavy atom. The smallest absolute Gasteiger partial charge is 0.278 e. The van der Waals surface area contributed by atoms with Crippen LogP contribution in [-0.4, -0.2) is 22.0 Å². The zero-order valence-electron chi connectivity index (χ0n) is 11.8. The molecule has 0 saturated carbocycles. The van der Waals surface area contributed by atoms with Gasteiger partial charge in [0.25, 0.3) is 5.69 Å². The minimum absolute atomic E-state index is 0.0602. The summed E-state index contributed by atoms with van der Waals surface area (Å²) >= 11 is 0. The molecule has 0 aliphatic rings. The minimum atomic E-state index is -0.393. The molecule has 0 atom stereocenters. The molecule has 2 aromatic rings. The second-order valence-electron chi connectivity index (χ2n) is 5.60. The standard InChI is InChI=1S/C14H18N4O2/c1-9-6-10-11(7-16-9)13(18(19)20)5-4-12(10)17-8-14(2,3)15/h4-7,17H,8,15H2,1-3H3. The fourth-order valence-corrected chi connectivity index (χ4v) is 1.96. The largest absolute Gasteiger partial charge is 0.383 e. The molecule has 0 aliphatic carbocycles. The minimum Gasteiger partial charge on any atom is -0.383 e. The molecular formula is C14H18N4O2. The molecule has 6 heteroatoms. The van der Waals surface area contributed by atoms with E-state index in [0.29, 0.717) is 11.9 Å². The van der Waals surface area contributed by atoms with Gasteiger partial charge in [-0.3, -0.25) is 15.1 Å². The molecule has 106 valence electrons. The Morgan fingerprint density at radius 1 is 1.40 bits per heavy atom. The second kappa shape index (κ2) is 5.05. The van der Waals surface area contributed by atoms with E-state index >= 15 is 0 Å². The third-order valence-corrected chi connectivity index (χ3v) is 2.95. The fraction of sp³-hybridized carbons (Fsp3) is 0.357. The van der Waals surface area contributed by atoms with Crippen LogP contribution in [0.3, 0.4) is 0 Å². The van der Waals surface area contributed by atoms with E-state index < -0.39 is 4.92 Å². The van der Waals surface area contributed by atoms with Gasteiger partial charge in [-0.05, 0) is 32.9 Å². The van der Waals surface area contributed by atoms with Crippen LogP contribution in [-0.2, 0) is 0 Å². The van der Waals surface area contributed by atoms with E-state index in [0.717, 1.165) is 16.8 Å². The van der Waals surface area contributed by atoms with Crippen molar-refractivity contribution in [2.45, 2.75) is 26.3 Å². The zero-order chi connectivity index (χ0) is 14.9. The SMILES string of the molecule is Cc1cc2c(NCC(C)(C)N)ccc([N+](=O)[O-])c2cn1. The summed E-state index contributed by atoms with van der Waals surface area (Å²) in [5.74, 6) is 0. The van der Waals surface area contributed by atoms with Gasteiger partial charge in [0.05, 0.1) is 10.3 Å². The number of pyridine rings is 1. The molecule has 1 aromatic heterocycles. The highest BCUT2D eigenvalue weighted by Gasteiger charge is 2.16. The van der Waals surface area contributed by atoms with E-state index in [1.54, 1.807) is 12.3 Å². The van der Waals surface area contributed by atoms with Gasteiger partial charge in [0.2, 0.25) is 0 Å². The third-order valence-electron chi connectivity index (χ3n) is 2.95. The Balaban J connectivity index is 2.53. The first-order valence-corrected chi connectivity index (χ1v) is 6.34. The van der Waals surface area contributed by atoms with Crippen LogP contribution in [0.25, 0.3) is 10.8 Å². The van der Waals surface area contributed by atoms with E-state index in [1.165, 1.54) is 6.07 Å². The second-order valence-corrected chi connectivity index (χ2v) is 5.60. The van der Waals surface area contributed by atoms with Crippen LogP contribution < -0.4 is 11.1 Å². The topological polar surface area (TPSA) is 94.1 Å². The zero-order valence-corrected chi connectivity index (χ0v) is 11.8. The number of nitro groups is 1. The van der Waals surface area contributed by atoms with Crippen molar-refractivity contribution in [1.29, 1.82) is 0 Å². The first kappa shape index (κ1) is 14.2. The number of anilines is 1. The summed E-state index contributed by atoms with van der Waals surface area (Å²) in [6, 6.07) is 5.05. The first-order chi connectivity index (χ1) is 9.28. The summed E-state index contributed by atoms with van der Waals surface area (Å²) in [6.07, 6.45) is 1.54. The molecule has 1 heterocycles. The van der Waals surface area contributed by atoms with Crippen molar-refractivity contribution in [1.82, 2.24) is 4.98 Å². The lowest BCUT2D eigenvalue weighted by Gasteiger charge is -2.20. The van der Waals surface area contributed by atoms with Gasteiger partial charge < -0.3 is 11.1 Å². The average molecular weight is 274 g/mol. The number of non-ortho nitro benzene ring substituents is 1. The van der Waals surface area contributed by atoms with Gasteiger partial charge in [-0.15, -0.1) is 0 Å². The molecule has 0 bridgehead atoms. The van der Waals surface area contributed by atoms with E-state index in [-0.39, 0.29) is 11.2 Å². The van der Waals surface area contributed by atoms with E-state index in [2.05, 4.69) is 10.3 Å². The Kier molecular flexibility index (Phi) is 3.59. The van der Waals surface area contributed by atoms with Crippen LogP contribution in [0.15, 0.2) is 24.4 Å². The molecule has 0 spiro atoms. The van der Waals surface area contributed by atoms with Gasteiger partial charge in [-0.2, -0.15) is 0 Å². The number of rotatable bonds is 4. The summed E-state index contributed by atoms with van der Waals surface area (Å²) in [5.41, 5.74) is 7.29. The Labute approximate surface area is 117 Å². The number of nitro benzene ring substituents is 1. The maximum Gasteiger partial charge on any atom is 0.278 e. The first-order valence-electron chi connectivity index (χ1n) is 6.34. The van der Waals surface area contributed by atoms with Crippen LogP contribution in [0, 0.1) is 17.0 Å². The van der Waals surface area contributed by atoms with Gasteiger partial charge in [0.1, 0.15) is 0 Å². The molecule has 1 aromatic carbocycles. The summed E-state index contributed by atoms with van der Waals surface area (Å²) in [5, 5.41) is 15.6. The normalized spacial score (nSPS) is 11.6. The molecule has 0 aliphatic heterocycles. The highest BCUT2D eigenvalue weighted by Crippen LogP contribution is 2.31. The monoisotopic (exact) mass is 274 g/mol. The number of fused-ring (bicyclic) bond motifs is 1. The van der Waals surface area contributed by atoms with Crippen LogP contribution in [0.4, 0.5) is 11.4 Å². The van der Waals surface area contributed by atoms with E-state index in [4.69, 9.17) is 5.73 Å². The van der Waals surface area contributed by atoms with E-state index in [1.807, 2.05) is 26.8 Å². The van der Waals surface area contributed by atoms with Gasteiger partial charge in [0, 0.05) is 41.1 Å². The van der Waals surface area contributed by atoms with Crippen molar-refractivity contribution in [3.63, 3.8) is 0 Å². The van der Waals surface area contributed by atoms with Crippen LogP contribution in [0.2, 0.25) is 0 Å². The third kappa shape index (κ3) is 3.03. The number of aryl methyl sites for hydroxylation is 1. The van der Waals surface area contributed by atoms with Crippen LogP contribution in [0.1, 0.15) is 19.5 Å². The molecule has 0 radical (unpaired) electrons. The van der Waals surface area contributed by atoms with Crippen LogP contribution >= 0.6 is 0 Å². The van der Waals surface area contributed by atoms with Gasteiger partial charge in [0.15, 0.2) is 0 Å². The Bertz CT molecular complexity index is 662. The number of nitrogens with zero attached hydrogens (tertiary/aromatic N) is 2. The Morgan fingerprint density at radius 3 is 2.70 bits per heavy atom. The number of nitrogens with two attached hydrogens (primary N) is 1. The highest BCUT2D eigenvalue weighted by atomic mass is 16.6. The number of hydrogen-bond donors (Lipinski definition) is 2. The summed E-state index contributed by atoms with van der Waals surface area (Å²) < 4.78 is 0. The van der Waals surface area contributed by atoms with Crippen molar-refractivity contribution in [3.8, 4) is 0 Å². The average Bonchev–Trinajstić information content (AvgIpc) is 2.34. The van der Waals surface area contributed by atoms with Crippen molar-refractivity contribution >= 4 is 22.1 Å². The molecular weight excluding hydrogens is 256 g/mol. The molecule has 0 amide bonds. The number of hydrogen-bond acceptors (Lipinski definition) is 5. The van der Waals surface area contributed by atoms with Gasteiger partial charge in [-0.1, -0.05) is 0 Å². The number of benzene rings is 1. The summed E-state index contributed by atoms with van der Waals surface area (Å²) in [4.78, 5) is 14.8.